The zero-order chi connectivity index (χ0) is 18.5. The van der Waals surface area contributed by atoms with Gasteiger partial charge in [-0.1, -0.05) is 36.1 Å². The standard InChI is InChI=1S/C21H16N4O/c1-14-19(10-9-15-5-7-16(13-26)8-6-15)20(25-21(23)24-14)18-4-2-3-17(11-18)12-22/h2-8,11,26H,13H2,1H3,(H2,23,24,25). The fourth-order valence-corrected chi connectivity index (χ4v) is 2.52. The van der Waals surface area contributed by atoms with Crippen LogP contribution in [0.1, 0.15) is 27.9 Å². The van der Waals surface area contributed by atoms with Crippen LogP contribution >= 0.6 is 0 Å². The predicted molar refractivity (Wildman–Crippen MR) is 99.7 cm³/mol. The Morgan fingerprint density at radius 2 is 1.81 bits per heavy atom. The van der Waals surface area contributed by atoms with Gasteiger partial charge in [0.05, 0.1) is 35.2 Å². The number of hydrogen-bond donors (Lipinski definition) is 2. The Labute approximate surface area is 151 Å². The highest BCUT2D eigenvalue weighted by Gasteiger charge is 2.11. The van der Waals surface area contributed by atoms with E-state index in [0.29, 0.717) is 22.5 Å². The van der Waals surface area contributed by atoms with Gasteiger partial charge in [-0.05, 0) is 36.8 Å². The molecule has 0 bridgehead atoms. The molecule has 0 aliphatic rings. The molecule has 0 aliphatic carbocycles. The lowest BCUT2D eigenvalue weighted by Gasteiger charge is -2.08. The van der Waals surface area contributed by atoms with E-state index in [-0.39, 0.29) is 12.6 Å². The molecular formula is C21H16N4O. The molecule has 5 nitrogen and oxygen atoms in total. The number of nitrogen functional groups attached to an aromatic ring is 1. The predicted octanol–water partition coefficient (Wildman–Crippen LogP) is 2.80. The highest BCUT2D eigenvalue weighted by molar-refractivity contribution is 5.71. The van der Waals surface area contributed by atoms with E-state index in [0.717, 1.165) is 16.7 Å². The number of rotatable bonds is 2. The molecule has 0 fully saturated rings. The smallest absolute Gasteiger partial charge is 0.220 e. The first-order valence-electron chi connectivity index (χ1n) is 7.97. The zero-order valence-electron chi connectivity index (χ0n) is 14.2. The van der Waals surface area contributed by atoms with Crippen molar-refractivity contribution in [2.45, 2.75) is 13.5 Å². The van der Waals surface area contributed by atoms with Crippen molar-refractivity contribution >= 4 is 5.95 Å². The lowest BCUT2D eigenvalue weighted by Crippen LogP contribution is -2.03. The summed E-state index contributed by atoms with van der Waals surface area (Å²) >= 11 is 0. The van der Waals surface area contributed by atoms with E-state index in [9.17, 15) is 0 Å². The minimum absolute atomic E-state index is 0.00198. The summed E-state index contributed by atoms with van der Waals surface area (Å²) in [7, 11) is 0. The third-order valence-corrected chi connectivity index (χ3v) is 3.84. The molecule has 3 rings (SSSR count). The van der Waals surface area contributed by atoms with Gasteiger partial charge in [0, 0.05) is 11.1 Å². The van der Waals surface area contributed by atoms with Crippen LogP contribution in [0.3, 0.4) is 0 Å². The molecule has 0 saturated carbocycles. The van der Waals surface area contributed by atoms with Crippen LogP contribution < -0.4 is 5.73 Å². The molecule has 0 unspecified atom stereocenters. The molecule has 2 aromatic carbocycles. The number of aromatic nitrogens is 2. The molecule has 1 aromatic heterocycles. The Bertz CT molecular complexity index is 1050. The second-order valence-electron chi connectivity index (χ2n) is 5.69. The number of nitriles is 1. The first kappa shape index (κ1) is 17.2. The van der Waals surface area contributed by atoms with E-state index in [1.807, 2.05) is 37.3 Å². The van der Waals surface area contributed by atoms with E-state index in [1.54, 1.807) is 18.2 Å². The number of aliphatic hydroxyl groups excluding tert-OH is 1. The largest absolute Gasteiger partial charge is 0.392 e. The summed E-state index contributed by atoms with van der Waals surface area (Å²) in [5.74, 6) is 6.38. The molecular weight excluding hydrogens is 324 g/mol. The third kappa shape index (κ3) is 3.70. The Balaban J connectivity index is 2.10. The minimum atomic E-state index is -0.00198. The van der Waals surface area contributed by atoms with Crippen LogP contribution in [0.5, 0.6) is 0 Å². The highest BCUT2D eigenvalue weighted by atomic mass is 16.3. The van der Waals surface area contributed by atoms with Crippen LogP contribution in [-0.2, 0) is 6.61 Å². The number of aryl methyl sites for hydroxylation is 1. The van der Waals surface area contributed by atoms with Gasteiger partial charge in [-0.2, -0.15) is 5.26 Å². The number of nitrogens with two attached hydrogens (primary N) is 1. The van der Waals surface area contributed by atoms with Crippen molar-refractivity contribution < 1.29 is 5.11 Å². The SMILES string of the molecule is Cc1nc(N)nc(-c2cccc(C#N)c2)c1C#Cc1ccc(CO)cc1. The molecule has 3 N–H and O–H groups in total. The lowest BCUT2D eigenvalue weighted by molar-refractivity contribution is 0.282. The lowest BCUT2D eigenvalue weighted by atomic mass is 10.0. The molecule has 0 spiro atoms. The van der Waals surface area contributed by atoms with Crippen LogP contribution in [-0.4, -0.2) is 15.1 Å². The van der Waals surface area contributed by atoms with Gasteiger partial charge >= 0.3 is 0 Å². The average molecular weight is 340 g/mol. The number of anilines is 1. The first-order valence-corrected chi connectivity index (χ1v) is 7.97. The molecule has 0 aliphatic heterocycles. The summed E-state index contributed by atoms with van der Waals surface area (Å²) in [4.78, 5) is 8.55. The maximum atomic E-state index is 9.13. The molecule has 1 heterocycles. The van der Waals surface area contributed by atoms with Crippen LogP contribution in [0.25, 0.3) is 11.3 Å². The monoisotopic (exact) mass is 340 g/mol. The van der Waals surface area contributed by atoms with Crippen LogP contribution in [0, 0.1) is 30.1 Å². The van der Waals surface area contributed by atoms with Crippen molar-refractivity contribution in [1.29, 1.82) is 5.26 Å². The number of aliphatic hydroxyl groups is 1. The van der Waals surface area contributed by atoms with Crippen molar-refractivity contribution in [3.63, 3.8) is 0 Å². The van der Waals surface area contributed by atoms with Gasteiger partial charge in [-0.25, -0.2) is 9.97 Å². The van der Waals surface area contributed by atoms with E-state index in [1.165, 1.54) is 0 Å². The van der Waals surface area contributed by atoms with Crippen molar-refractivity contribution in [2.75, 3.05) is 5.73 Å². The Morgan fingerprint density at radius 1 is 1.04 bits per heavy atom. The Hall–Kier alpha value is -3.67. The Morgan fingerprint density at radius 3 is 2.50 bits per heavy atom. The highest BCUT2D eigenvalue weighted by Crippen LogP contribution is 2.24. The molecule has 3 aromatic rings. The second-order valence-corrected chi connectivity index (χ2v) is 5.69. The summed E-state index contributed by atoms with van der Waals surface area (Å²) in [6, 6.07) is 16.6. The van der Waals surface area contributed by atoms with Gasteiger partial charge in [0.25, 0.3) is 0 Å². The van der Waals surface area contributed by atoms with Crippen molar-refractivity contribution in [2.24, 2.45) is 0 Å². The molecule has 0 amide bonds. The third-order valence-electron chi connectivity index (χ3n) is 3.84. The summed E-state index contributed by atoms with van der Waals surface area (Å²) in [6.07, 6.45) is 0. The summed E-state index contributed by atoms with van der Waals surface area (Å²) < 4.78 is 0. The van der Waals surface area contributed by atoms with E-state index >= 15 is 0 Å². The quantitative estimate of drug-likeness (QED) is 0.699. The minimum Gasteiger partial charge on any atom is -0.392 e. The van der Waals surface area contributed by atoms with E-state index in [4.69, 9.17) is 16.1 Å². The summed E-state index contributed by atoms with van der Waals surface area (Å²) in [5.41, 5.74) is 10.7. The number of benzene rings is 2. The van der Waals surface area contributed by atoms with Crippen LogP contribution in [0.2, 0.25) is 0 Å². The fraction of sp³-hybridized carbons (Fsp3) is 0.0952. The topological polar surface area (TPSA) is 95.8 Å². The van der Waals surface area contributed by atoms with E-state index < -0.39 is 0 Å². The molecule has 0 saturated heterocycles. The number of hydrogen-bond acceptors (Lipinski definition) is 5. The fourth-order valence-electron chi connectivity index (χ4n) is 2.52. The zero-order valence-corrected chi connectivity index (χ0v) is 14.2. The molecule has 126 valence electrons. The van der Waals surface area contributed by atoms with Gasteiger partial charge in [0.2, 0.25) is 5.95 Å². The van der Waals surface area contributed by atoms with Gasteiger partial charge in [-0.3, -0.25) is 0 Å². The first-order chi connectivity index (χ1) is 12.6. The average Bonchev–Trinajstić information content (AvgIpc) is 2.67. The van der Waals surface area contributed by atoms with Gasteiger partial charge < -0.3 is 10.8 Å². The van der Waals surface area contributed by atoms with Gasteiger partial charge in [-0.15, -0.1) is 0 Å². The second kappa shape index (κ2) is 7.48. The molecule has 26 heavy (non-hydrogen) atoms. The maximum absolute atomic E-state index is 9.13. The normalized spacial score (nSPS) is 9.88. The maximum Gasteiger partial charge on any atom is 0.220 e. The van der Waals surface area contributed by atoms with Crippen molar-refractivity contribution in [1.82, 2.24) is 9.97 Å². The summed E-state index contributed by atoms with van der Waals surface area (Å²) in [5, 5.41) is 18.2. The van der Waals surface area contributed by atoms with Crippen molar-refractivity contribution in [3.05, 3.63) is 76.5 Å². The van der Waals surface area contributed by atoms with Gasteiger partial charge in [0.15, 0.2) is 0 Å². The summed E-state index contributed by atoms with van der Waals surface area (Å²) in [6.45, 7) is 1.83. The molecule has 5 heteroatoms. The van der Waals surface area contributed by atoms with Crippen LogP contribution in [0.15, 0.2) is 48.5 Å². The molecule has 0 radical (unpaired) electrons. The number of nitrogens with zero attached hydrogens (tertiary/aromatic N) is 3. The Kier molecular flexibility index (Phi) is 4.94. The van der Waals surface area contributed by atoms with Crippen molar-refractivity contribution in [3.8, 4) is 29.2 Å². The van der Waals surface area contributed by atoms with Crippen LogP contribution in [0.4, 0.5) is 5.95 Å². The molecule has 0 atom stereocenters. The van der Waals surface area contributed by atoms with Gasteiger partial charge in [0.1, 0.15) is 0 Å². The van der Waals surface area contributed by atoms with E-state index in [2.05, 4.69) is 27.9 Å².